The van der Waals surface area contributed by atoms with Crippen molar-refractivity contribution in [3.8, 4) is 0 Å². The topological polar surface area (TPSA) is 122 Å². The van der Waals surface area contributed by atoms with Crippen LogP contribution >= 0.6 is 11.6 Å². The summed E-state index contributed by atoms with van der Waals surface area (Å²) in [5, 5.41) is 17.0. The number of rotatable bonds is 7. The molecule has 6 saturated heterocycles. The zero-order chi connectivity index (χ0) is 43.4. The van der Waals surface area contributed by atoms with Crippen LogP contribution in [-0.2, 0) is 38.0 Å². The molecule has 340 valence electrons. The highest BCUT2D eigenvalue weighted by Crippen LogP contribution is 2.29. The van der Waals surface area contributed by atoms with Crippen LogP contribution in [0.5, 0.6) is 0 Å². The number of aliphatic hydroxyl groups is 2. The van der Waals surface area contributed by atoms with Crippen molar-refractivity contribution in [1.29, 1.82) is 0 Å². The fourth-order valence-corrected chi connectivity index (χ4v) is 6.72. The third-order valence-corrected chi connectivity index (χ3v) is 10.7. The molecule has 6 fully saturated rings. The Labute approximate surface area is 341 Å². The quantitative estimate of drug-likeness (QED) is 0.147. The Kier molecular flexibility index (Phi) is 27.0. The molecular formula is C40H71ClF6O10. The molecule has 6 unspecified atom stereocenters. The van der Waals surface area contributed by atoms with Gasteiger partial charge in [0.05, 0.1) is 74.3 Å². The van der Waals surface area contributed by atoms with E-state index in [2.05, 4.69) is 4.74 Å². The Morgan fingerprint density at radius 3 is 0.965 bits per heavy atom. The fraction of sp³-hybridized carbons (Fsp3) is 0.975. The second-order valence-electron chi connectivity index (χ2n) is 15.2. The van der Waals surface area contributed by atoms with E-state index in [-0.39, 0.29) is 74.3 Å². The van der Waals surface area contributed by atoms with E-state index in [1.807, 2.05) is 27.7 Å². The lowest BCUT2D eigenvalue weighted by Gasteiger charge is -2.12. The van der Waals surface area contributed by atoms with Crippen molar-refractivity contribution >= 4 is 17.6 Å². The van der Waals surface area contributed by atoms with Crippen molar-refractivity contribution in [3.63, 3.8) is 0 Å². The van der Waals surface area contributed by atoms with Gasteiger partial charge in [-0.3, -0.25) is 4.79 Å². The van der Waals surface area contributed by atoms with Crippen LogP contribution in [-0.4, -0.2) is 139 Å². The monoisotopic (exact) mass is 860 g/mol. The number of halogens is 7. The summed E-state index contributed by atoms with van der Waals surface area (Å²) in [6.45, 7) is 16.0. The Morgan fingerprint density at radius 1 is 0.509 bits per heavy atom. The number of hydrogen-bond donors (Lipinski definition) is 2. The summed E-state index contributed by atoms with van der Waals surface area (Å²) >= 11 is 5.44. The van der Waals surface area contributed by atoms with Gasteiger partial charge in [-0.05, 0) is 53.4 Å². The van der Waals surface area contributed by atoms with Crippen molar-refractivity contribution in [2.24, 2.45) is 0 Å². The molecule has 0 aromatic carbocycles. The van der Waals surface area contributed by atoms with Gasteiger partial charge in [0.15, 0.2) is 11.7 Å². The van der Waals surface area contributed by atoms with Crippen molar-refractivity contribution in [1.82, 2.24) is 0 Å². The zero-order valence-corrected chi connectivity index (χ0v) is 35.9. The van der Waals surface area contributed by atoms with Crippen LogP contribution in [0.2, 0.25) is 0 Å². The standard InChI is InChI=1S/C8H13FO3.2C7H13FO.C6H10ClFO.2C6H11FO2/c1-3-6-4-7(9)8(12-6)11-5(2)10;2*1-3-6-4-7(8)5(2)9-6;1-2-4-3-5(8)6(7)9-4;2*1-4-6(7)2-5(3-8)9-4/h6-8H,3-4H2,1-2H3;2*5-7H,3-4H2,1-2H3;4-6H,2-3H2,1H3;2*4-6,8H,2-3H2,1H3/t6-,7?,8-;2*5-,6+,7?;4-,5?,6-;2*4-,5-,6?/m100100/s1. The van der Waals surface area contributed by atoms with E-state index in [4.69, 9.17) is 50.2 Å². The van der Waals surface area contributed by atoms with E-state index in [0.29, 0.717) is 38.5 Å². The molecule has 0 aromatic heterocycles. The number of esters is 1. The van der Waals surface area contributed by atoms with Gasteiger partial charge in [-0.25, -0.2) is 26.3 Å². The van der Waals surface area contributed by atoms with Gasteiger partial charge in [0.25, 0.3) is 0 Å². The van der Waals surface area contributed by atoms with Gasteiger partial charge in [-0.2, -0.15) is 0 Å². The van der Waals surface area contributed by atoms with E-state index < -0.39 is 54.9 Å². The number of carbonyl (C=O) groups is 1. The molecule has 0 amide bonds. The van der Waals surface area contributed by atoms with Crippen LogP contribution in [0.15, 0.2) is 0 Å². The molecule has 6 heterocycles. The molecular weight excluding hydrogens is 790 g/mol. The maximum Gasteiger partial charge on any atom is 0.305 e. The van der Waals surface area contributed by atoms with Crippen LogP contribution in [0.25, 0.3) is 0 Å². The molecule has 0 aliphatic carbocycles. The number of ether oxygens (including phenoxy) is 7. The number of hydrogen-bond acceptors (Lipinski definition) is 10. The molecule has 0 radical (unpaired) electrons. The predicted octanol–water partition coefficient (Wildman–Crippen LogP) is 8.31. The van der Waals surface area contributed by atoms with Gasteiger partial charge < -0.3 is 43.4 Å². The van der Waals surface area contributed by atoms with Gasteiger partial charge >= 0.3 is 5.97 Å². The molecule has 6 aliphatic rings. The summed E-state index contributed by atoms with van der Waals surface area (Å²) in [5.41, 5.74) is -0.699. The summed E-state index contributed by atoms with van der Waals surface area (Å²) in [4.78, 5) is 10.5. The smallest absolute Gasteiger partial charge is 0.305 e. The SMILES string of the molecule is CC[C@@H]1CC(F)[C@H](C)O1.CC[C@@H]1CC(F)[C@H](C)O1.CC[C@@H]1CC(F)[C@H](Cl)O1.CC[C@@H]1CC(F)[C@H](OC(C)=O)O1.C[C@@H]1O[C@H](CO)CC1F.C[C@@H]1O[C@H](CO)CC1F. The van der Waals surface area contributed by atoms with Crippen LogP contribution < -0.4 is 0 Å². The van der Waals surface area contributed by atoms with Crippen LogP contribution in [0.3, 0.4) is 0 Å². The molecule has 17 heteroatoms. The summed E-state index contributed by atoms with van der Waals surface area (Å²) in [7, 11) is 0. The average Bonchev–Trinajstić information content (AvgIpc) is 4.02. The maximum atomic E-state index is 13.0. The van der Waals surface area contributed by atoms with Crippen molar-refractivity contribution in [2.45, 2.75) is 236 Å². The minimum absolute atomic E-state index is 0.0440. The number of carbonyl (C=O) groups excluding carboxylic acids is 1. The second-order valence-corrected chi connectivity index (χ2v) is 15.6. The van der Waals surface area contributed by atoms with E-state index in [1.165, 1.54) is 6.92 Å². The molecule has 0 saturated carbocycles. The van der Waals surface area contributed by atoms with E-state index >= 15 is 0 Å². The Bertz CT molecular complexity index is 874. The average molecular weight is 861 g/mol. The Morgan fingerprint density at radius 2 is 0.789 bits per heavy atom. The molecule has 6 rings (SSSR count). The minimum atomic E-state index is -1.17. The number of alkyl halides is 7. The van der Waals surface area contributed by atoms with Crippen LogP contribution in [0.1, 0.15) is 127 Å². The lowest BCUT2D eigenvalue weighted by molar-refractivity contribution is -0.180. The first-order chi connectivity index (χ1) is 26.8. The zero-order valence-electron chi connectivity index (χ0n) is 35.2. The van der Waals surface area contributed by atoms with Crippen LogP contribution in [0, 0.1) is 0 Å². The molecule has 2 N–H and O–H groups in total. The maximum absolute atomic E-state index is 13.0. The molecule has 10 nitrogen and oxygen atoms in total. The largest absolute Gasteiger partial charge is 0.433 e. The third-order valence-electron chi connectivity index (χ3n) is 10.3. The van der Waals surface area contributed by atoms with Gasteiger partial charge in [0.2, 0.25) is 6.29 Å². The van der Waals surface area contributed by atoms with Crippen molar-refractivity contribution in [2.75, 3.05) is 13.2 Å². The normalized spacial score (nSPS) is 41.9. The number of aliphatic hydroxyl groups excluding tert-OH is 2. The molecule has 0 spiro atoms. The molecule has 18 atom stereocenters. The predicted molar refractivity (Wildman–Crippen MR) is 205 cm³/mol. The Balaban J connectivity index is 0.000000343. The van der Waals surface area contributed by atoms with Crippen molar-refractivity contribution in [3.05, 3.63) is 0 Å². The summed E-state index contributed by atoms with van der Waals surface area (Å²) < 4.78 is 111. The summed E-state index contributed by atoms with van der Waals surface area (Å²) in [6.07, 6.45) is -1.45. The highest BCUT2D eigenvalue weighted by molar-refractivity contribution is 6.20. The van der Waals surface area contributed by atoms with E-state index in [0.717, 1.165) is 25.7 Å². The van der Waals surface area contributed by atoms with E-state index in [1.54, 1.807) is 27.7 Å². The van der Waals surface area contributed by atoms with Gasteiger partial charge in [0.1, 0.15) is 30.9 Å². The lowest BCUT2D eigenvalue weighted by atomic mass is 10.1. The molecule has 57 heavy (non-hydrogen) atoms. The first kappa shape index (κ1) is 54.0. The van der Waals surface area contributed by atoms with Gasteiger partial charge in [-0.1, -0.05) is 39.3 Å². The summed E-state index contributed by atoms with van der Waals surface area (Å²) in [6, 6.07) is 0. The molecule has 0 aromatic rings. The summed E-state index contributed by atoms with van der Waals surface area (Å²) in [5.74, 6) is -0.501. The third kappa shape index (κ3) is 20.4. The fourth-order valence-electron chi connectivity index (χ4n) is 6.48. The first-order valence-electron chi connectivity index (χ1n) is 20.6. The first-order valence-corrected chi connectivity index (χ1v) is 21.1. The Hall–Kier alpha value is -0.980. The van der Waals surface area contributed by atoms with Crippen LogP contribution in [0.4, 0.5) is 26.3 Å². The highest BCUT2D eigenvalue weighted by Gasteiger charge is 2.37. The molecule has 0 bridgehead atoms. The second kappa shape index (κ2) is 28.5. The highest BCUT2D eigenvalue weighted by atomic mass is 35.5. The van der Waals surface area contributed by atoms with Crippen molar-refractivity contribution < 1.29 is 74.5 Å². The minimum Gasteiger partial charge on any atom is -0.433 e. The van der Waals surface area contributed by atoms with Gasteiger partial charge in [0, 0.05) is 45.4 Å². The van der Waals surface area contributed by atoms with Gasteiger partial charge in [-0.15, -0.1) is 0 Å². The van der Waals surface area contributed by atoms with E-state index in [9.17, 15) is 31.1 Å². The molecule has 6 aliphatic heterocycles. The lowest BCUT2D eigenvalue weighted by Crippen LogP contribution is -2.23.